The molecule has 122 valence electrons. The Kier molecular flexibility index (Phi) is 4.43. The maximum atomic E-state index is 11.6. The van der Waals surface area contributed by atoms with Crippen LogP contribution in [0.1, 0.15) is 23.0 Å². The summed E-state index contributed by atoms with van der Waals surface area (Å²) in [5.74, 6) is 0.486. The summed E-state index contributed by atoms with van der Waals surface area (Å²) in [5, 5.41) is 5.50. The monoisotopic (exact) mass is 342 g/mol. The van der Waals surface area contributed by atoms with E-state index >= 15 is 0 Å². The van der Waals surface area contributed by atoms with Gasteiger partial charge in [-0.1, -0.05) is 12.1 Å². The van der Waals surface area contributed by atoms with Crippen molar-refractivity contribution in [1.29, 1.82) is 0 Å². The van der Waals surface area contributed by atoms with E-state index in [-0.39, 0.29) is 17.0 Å². The molecule has 0 saturated carbocycles. The molecule has 0 unspecified atom stereocenters. The van der Waals surface area contributed by atoms with Crippen molar-refractivity contribution < 1.29 is 18.7 Å². The van der Waals surface area contributed by atoms with Gasteiger partial charge in [-0.05, 0) is 43.4 Å². The molecule has 0 spiro atoms. The smallest absolute Gasteiger partial charge is 0.338 e. The first-order valence-electron chi connectivity index (χ1n) is 7.28. The summed E-state index contributed by atoms with van der Waals surface area (Å²) in [6, 6.07) is 10.4. The van der Waals surface area contributed by atoms with Crippen LogP contribution < -0.4 is 10.6 Å². The van der Waals surface area contributed by atoms with Gasteiger partial charge < -0.3 is 14.5 Å². The second kappa shape index (κ2) is 6.67. The molecule has 6 nitrogen and oxygen atoms in total. The van der Waals surface area contributed by atoms with Crippen LogP contribution in [0.25, 0.3) is 17.4 Å². The first-order chi connectivity index (χ1) is 11.6. The van der Waals surface area contributed by atoms with Crippen molar-refractivity contribution >= 4 is 35.3 Å². The molecule has 0 aliphatic carbocycles. The SMILES string of the molecule is CCOC(=O)c1ccc(-c2ccc(/C=C3/NC(=S)NC3=O)o2)cc1. The fourth-order valence-electron chi connectivity index (χ4n) is 2.20. The molecule has 3 rings (SSSR count). The molecule has 2 heterocycles. The Hall–Kier alpha value is -2.93. The van der Waals surface area contributed by atoms with E-state index in [2.05, 4.69) is 10.6 Å². The second-order valence-electron chi connectivity index (χ2n) is 4.97. The van der Waals surface area contributed by atoms with Crippen molar-refractivity contribution in [3.8, 4) is 11.3 Å². The molecular formula is C17H14N2O4S. The van der Waals surface area contributed by atoms with E-state index in [9.17, 15) is 9.59 Å². The third-order valence-corrected chi connectivity index (χ3v) is 3.52. The number of amides is 1. The van der Waals surface area contributed by atoms with Gasteiger partial charge in [-0.3, -0.25) is 10.1 Å². The zero-order chi connectivity index (χ0) is 17.1. The molecule has 24 heavy (non-hydrogen) atoms. The molecule has 1 aromatic heterocycles. The lowest BCUT2D eigenvalue weighted by Crippen LogP contribution is -2.21. The molecule has 7 heteroatoms. The minimum absolute atomic E-state index is 0.271. The number of ether oxygens (including phenoxy) is 1. The third kappa shape index (κ3) is 3.36. The van der Waals surface area contributed by atoms with Crippen LogP contribution in [0.5, 0.6) is 0 Å². The summed E-state index contributed by atoms with van der Waals surface area (Å²) in [6.07, 6.45) is 1.57. The molecule has 0 radical (unpaired) electrons. The maximum Gasteiger partial charge on any atom is 0.338 e. The minimum Gasteiger partial charge on any atom is -0.462 e. The van der Waals surface area contributed by atoms with Gasteiger partial charge in [-0.15, -0.1) is 0 Å². The normalized spacial score (nSPS) is 15.3. The topological polar surface area (TPSA) is 80.6 Å². The van der Waals surface area contributed by atoms with E-state index in [1.54, 1.807) is 49.4 Å². The van der Waals surface area contributed by atoms with E-state index in [1.807, 2.05) is 0 Å². The Bertz CT molecular complexity index is 837. The first kappa shape index (κ1) is 15.9. The molecule has 0 bridgehead atoms. The van der Waals surface area contributed by atoms with Crippen LogP contribution in [-0.2, 0) is 9.53 Å². The van der Waals surface area contributed by atoms with Gasteiger partial charge in [0.15, 0.2) is 5.11 Å². The fourth-order valence-corrected chi connectivity index (χ4v) is 2.40. The van der Waals surface area contributed by atoms with Crippen LogP contribution in [0, 0.1) is 0 Å². The van der Waals surface area contributed by atoms with Crippen molar-refractivity contribution in [3.63, 3.8) is 0 Å². The number of rotatable bonds is 4. The van der Waals surface area contributed by atoms with Crippen LogP contribution in [0.3, 0.4) is 0 Å². The van der Waals surface area contributed by atoms with Gasteiger partial charge in [0.2, 0.25) is 0 Å². The minimum atomic E-state index is -0.358. The van der Waals surface area contributed by atoms with Crippen molar-refractivity contribution in [2.24, 2.45) is 0 Å². The Morgan fingerprint density at radius 2 is 1.96 bits per heavy atom. The van der Waals surface area contributed by atoms with Crippen LogP contribution in [0.4, 0.5) is 0 Å². The van der Waals surface area contributed by atoms with Crippen molar-refractivity contribution in [2.75, 3.05) is 6.61 Å². The third-order valence-electron chi connectivity index (χ3n) is 3.31. The highest BCUT2D eigenvalue weighted by Gasteiger charge is 2.20. The number of furan rings is 1. The van der Waals surface area contributed by atoms with Gasteiger partial charge >= 0.3 is 5.97 Å². The van der Waals surface area contributed by atoms with Gasteiger partial charge in [0.25, 0.3) is 5.91 Å². The second-order valence-corrected chi connectivity index (χ2v) is 5.37. The largest absolute Gasteiger partial charge is 0.462 e. The predicted octanol–water partition coefficient (Wildman–Crippen LogP) is 2.47. The van der Waals surface area contributed by atoms with Crippen molar-refractivity contribution in [1.82, 2.24) is 10.6 Å². The summed E-state index contributed by atoms with van der Waals surface area (Å²) < 4.78 is 10.7. The number of benzene rings is 1. The van der Waals surface area contributed by atoms with E-state index in [4.69, 9.17) is 21.4 Å². The summed E-state index contributed by atoms with van der Waals surface area (Å²) >= 11 is 4.87. The number of esters is 1. The lowest BCUT2D eigenvalue weighted by Gasteiger charge is -2.02. The molecule has 0 atom stereocenters. The molecule has 1 saturated heterocycles. The Morgan fingerprint density at radius 3 is 2.58 bits per heavy atom. The molecule has 1 fully saturated rings. The Balaban J connectivity index is 1.78. The number of nitrogens with one attached hydrogen (secondary N) is 2. The number of thiocarbonyl (C=S) groups is 1. The molecular weight excluding hydrogens is 328 g/mol. The summed E-state index contributed by atoms with van der Waals surface area (Å²) in [5.41, 5.74) is 1.63. The highest BCUT2D eigenvalue weighted by Crippen LogP contribution is 2.24. The highest BCUT2D eigenvalue weighted by atomic mass is 32.1. The van der Waals surface area contributed by atoms with Crippen LogP contribution in [0.2, 0.25) is 0 Å². The molecule has 1 aliphatic rings. The van der Waals surface area contributed by atoms with Gasteiger partial charge in [-0.25, -0.2) is 4.79 Å². The predicted molar refractivity (Wildman–Crippen MR) is 92.0 cm³/mol. The molecule has 1 amide bonds. The van der Waals surface area contributed by atoms with Crippen LogP contribution in [-0.4, -0.2) is 23.6 Å². The van der Waals surface area contributed by atoms with Crippen molar-refractivity contribution in [2.45, 2.75) is 6.92 Å². The lowest BCUT2D eigenvalue weighted by molar-refractivity contribution is -0.115. The van der Waals surface area contributed by atoms with Crippen molar-refractivity contribution in [3.05, 3.63) is 53.4 Å². The number of carbonyl (C=O) groups is 2. The Morgan fingerprint density at radius 1 is 1.21 bits per heavy atom. The van der Waals surface area contributed by atoms with Gasteiger partial charge in [0.1, 0.15) is 17.2 Å². The van der Waals surface area contributed by atoms with E-state index in [0.29, 0.717) is 29.4 Å². The molecule has 2 N–H and O–H groups in total. The average Bonchev–Trinajstić information content (AvgIpc) is 3.15. The lowest BCUT2D eigenvalue weighted by atomic mass is 10.1. The molecule has 2 aromatic rings. The number of hydrogen-bond donors (Lipinski definition) is 2. The van der Waals surface area contributed by atoms with E-state index < -0.39 is 0 Å². The number of carbonyl (C=O) groups excluding carboxylic acids is 2. The van der Waals surface area contributed by atoms with Crippen LogP contribution >= 0.6 is 12.2 Å². The van der Waals surface area contributed by atoms with E-state index in [1.165, 1.54) is 0 Å². The highest BCUT2D eigenvalue weighted by molar-refractivity contribution is 7.80. The van der Waals surface area contributed by atoms with Gasteiger partial charge in [0, 0.05) is 11.6 Å². The summed E-state index contributed by atoms with van der Waals surface area (Å²) in [7, 11) is 0. The zero-order valence-electron chi connectivity index (χ0n) is 12.8. The quantitative estimate of drug-likeness (QED) is 0.505. The summed E-state index contributed by atoms with van der Waals surface area (Å²) in [4.78, 5) is 23.2. The zero-order valence-corrected chi connectivity index (χ0v) is 13.6. The van der Waals surface area contributed by atoms with Crippen LogP contribution in [0.15, 0.2) is 46.5 Å². The Labute approximate surface area is 143 Å². The first-order valence-corrected chi connectivity index (χ1v) is 7.69. The standard InChI is InChI=1S/C17H14N2O4S/c1-2-22-16(21)11-5-3-10(4-6-11)14-8-7-12(23-14)9-13-15(20)19-17(24)18-13/h3-9H,2H2,1H3,(H2,18,19,20,24)/b13-9+. The molecule has 1 aliphatic heterocycles. The van der Waals surface area contributed by atoms with E-state index in [0.717, 1.165) is 5.56 Å². The van der Waals surface area contributed by atoms with Gasteiger partial charge in [-0.2, -0.15) is 0 Å². The fraction of sp³-hybridized carbons (Fsp3) is 0.118. The van der Waals surface area contributed by atoms with Gasteiger partial charge in [0.05, 0.1) is 12.2 Å². The maximum absolute atomic E-state index is 11.6. The average molecular weight is 342 g/mol. The molecule has 1 aromatic carbocycles. The summed E-state index contributed by atoms with van der Waals surface area (Å²) in [6.45, 7) is 2.10. The number of hydrogen-bond acceptors (Lipinski definition) is 5.